The summed E-state index contributed by atoms with van der Waals surface area (Å²) in [6.45, 7) is 4.22. The monoisotopic (exact) mass is 584 g/mol. The van der Waals surface area contributed by atoms with E-state index in [0.29, 0.717) is 21.5 Å². The number of carbonyl (C=O) groups excluding carboxylic acids is 2. The molecule has 41 heavy (non-hydrogen) atoms. The number of esters is 1. The van der Waals surface area contributed by atoms with E-state index >= 15 is 0 Å². The molecule has 0 fully saturated rings. The molecule has 0 saturated heterocycles. The lowest BCUT2D eigenvalue weighted by atomic mass is 10.0. The predicted octanol–water partition coefficient (Wildman–Crippen LogP) is 6.79. The number of nitrogens with zero attached hydrogens (tertiary/aromatic N) is 3. The first-order valence-corrected chi connectivity index (χ1v) is 14.9. The molecule has 1 N–H and O–H groups in total. The molecule has 208 valence electrons. The molecule has 5 rings (SSSR count). The number of para-hydroxylation sites is 1. The smallest absolute Gasteiger partial charge is 0.341 e. The SMILES string of the molecule is CCOC(=O)c1c(-c2ccccc2)csc1NC(=O)CSc1nnc(COc2ccc(C)cc2)n1-c1ccccc1. The van der Waals surface area contributed by atoms with E-state index in [2.05, 4.69) is 15.5 Å². The summed E-state index contributed by atoms with van der Waals surface area (Å²) in [5, 5.41) is 14.5. The lowest BCUT2D eigenvalue weighted by molar-refractivity contribution is -0.113. The number of amides is 1. The van der Waals surface area contributed by atoms with E-state index in [1.807, 2.05) is 102 Å². The molecule has 2 heterocycles. The summed E-state index contributed by atoms with van der Waals surface area (Å²) in [6, 6.07) is 27.0. The predicted molar refractivity (Wildman–Crippen MR) is 162 cm³/mol. The Hall–Kier alpha value is -4.41. The van der Waals surface area contributed by atoms with Crippen molar-refractivity contribution in [2.75, 3.05) is 17.7 Å². The van der Waals surface area contributed by atoms with Gasteiger partial charge in [0.2, 0.25) is 5.91 Å². The van der Waals surface area contributed by atoms with Gasteiger partial charge < -0.3 is 14.8 Å². The Labute approximate surface area is 246 Å². The van der Waals surface area contributed by atoms with E-state index in [1.165, 1.54) is 23.1 Å². The van der Waals surface area contributed by atoms with Crippen molar-refractivity contribution in [3.8, 4) is 22.6 Å². The molecule has 0 bridgehead atoms. The Morgan fingerprint density at radius 1 is 0.951 bits per heavy atom. The standard InChI is InChI=1S/C31H28N4O4S2/c1-3-38-30(37)28-25(22-10-6-4-7-11-22)19-40-29(28)32-27(36)20-41-31-34-33-26(35(31)23-12-8-5-9-13-23)18-39-24-16-14-21(2)15-17-24/h4-17,19H,3,18,20H2,1-2H3,(H,32,36). The van der Waals surface area contributed by atoms with Crippen molar-refractivity contribution in [1.82, 2.24) is 14.8 Å². The molecular weight excluding hydrogens is 556 g/mol. The fourth-order valence-electron chi connectivity index (χ4n) is 4.08. The van der Waals surface area contributed by atoms with Gasteiger partial charge in [0.05, 0.1) is 12.4 Å². The number of ether oxygens (including phenoxy) is 2. The van der Waals surface area contributed by atoms with E-state index in [9.17, 15) is 9.59 Å². The first-order valence-electron chi connectivity index (χ1n) is 13.0. The number of aryl methyl sites for hydroxylation is 1. The maximum atomic E-state index is 13.1. The first-order chi connectivity index (χ1) is 20.0. The average Bonchev–Trinajstić information content (AvgIpc) is 3.61. The second-order valence-corrected chi connectivity index (χ2v) is 10.8. The van der Waals surface area contributed by atoms with Crippen LogP contribution in [0.1, 0.15) is 28.7 Å². The molecule has 0 atom stereocenters. The molecular formula is C31H28N4O4S2. The third kappa shape index (κ3) is 6.85. The summed E-state index contributed by atoms with van der Waals surface area (Å²) in [4.78, 5) is 26.0. The maximum Gasteiger partial charge on any atom is 0.341 e. The highest BCUT2D eigenvalue weighted by Gasteiger charge is 2.23. The highest BCUT2D eigenvalue weighted by molar-refractivity contribution is 7.99. The molecule has 8 nitrogen and oxygen atoms in total. The van der Waals surface area contributed by atoms with Gasteiger partial charge in [0, 0.05) is 16.6 Å². The third-order valence-electron chi connectivity index (χ3n) is 6.04. The topological polar surface area (TPSA) is 95.3 Å². The lowest BCUT2D eigenvalue weighted by Crippen LogP contribution is -2.17. The van der Waals surface area contributed by atoms with E-state index < -0.39 is 5.97 Å². The van der Waals surface area contributed by atoms with Gasteiger partial charge in [-0.2, -0.15) is 0 Å². The summed E-state index contributed by atoms with van der Waals surface area (Å²) < 4.78 is 13.2. The van der Waals surface area contributed by atoms with Gasteiger partial charge in [-0.15, -0.1) is 21.5 Å². The van der Waals surface area contributed by atoms with E-state index in [1.54, 1.807) is 6.92 Å². The van der Waals surface area contributed by atoms with Crippen LogP contribution in [0.2, 0.25) is 0 Å². The number of anilines is 1. The molecule has 0 radical (unpaired) electrons. The third-order valence-corrected chi connectivity index (χ3v) is 7.87. The fraction of sp³-hybridized carbons (Fsp3) is 0.161. The van der Waals surface area contributed by atoms with E-state index in [4.69, 9.17) is 9.47 Å². The molecule has 0 saturated carbocycles. The maximum absolute atomic E-state index is 13.1. The number of thiophene rings is 1. The van der Waals surface area contributed by atoms with Crippen LogP contribution in [0.4, 0.5) is 5.00 Å². The van der Waals surface area contributed by atoms with Crippen molar-refractivity contribution in [2.24, 2.45) is 0 Å². The van der Waals surface area contributed by atoms with Gasteiger partial charge in [-0.1, -0.05) is 78.0 Å². The van der Waals surface area contributed by atoms with Crippen LogP contribution < -0.4 is 10.1 Å². The normalized spacial score (nSPS) is 10.8. The van der Waals surface area contributed by atoms with Gasteiger partial charge >= 0.3 is 5.97 Å². The minimum Gasteiger partial charge on any atom is -0.486 e. The molecule has 0 aliphatic rings. The quantitative estimate of drug-likeness (QED) is 0.135. The van der Waals surface area contributed by atoms with Crippen molar-refractivity contribution >= 4 is 40.0 Å². The average molecular weight is 585 g/mol. The van der Waals surface area contributed by atoms with Gasteiger partial charge in [-0.25, -0.2) is 4.79 Å². The van der Waals surface area contributed by atoms with E-state index in [0.717, 1.165) is 28.1 Å². The molecule has 0 unspecified atom stereocenters. The first kappa shape index (κ1) is 28.1. The lowest BCUT2D eigenvalue weighted by Gasteiger charge is -2.11. The fourth-order valence-corrected chi connectivity index (χ4v) is 5.83. The van der Waals surface area contributed by atoms with Crippen LogP contribution in [0.5, 0.6) is 5.75 Å². The van der Waals surface area contributed by atoms with Crippen molar-refractivity contribution < 1.29 is 19.1 Å². The van der Waals surface area contributed by atoms with Crippen molar-refractivity contribution in [2.45, 2.75) is 25.6 Å². The van der Waals surface area contributed by atoms with Crippen LogP contribution in [0.15, 0.2) is 95.5 Å². The molecule has 5 aromatic rings. The van der Waals surface area contributed by atoms with Crippen LogP contribution in [-0.4, -0.2) is 39.0 Å². The largest absolute Gasteiger partial charge is 0.486 e. The summed E-state index contributed by atoms with van der Waals surface area (Å²) in [6.07, 6.45) is 0. The Morgan fingerprint density at radius 3 is 2.37 bits per heavy atom. The van der Waals surface area contributed by atoms with Gasteiger partial charge in [-0.3, -0.25) is 9.36 Å². The summed E-state index contributed by atoms with van der Waals surface area (Å²) in [5.74, 6) is 0.648. The molecule has 0 aliphatic carbocycles. The van der Waals surface area contributed by atoms with E-state index in [-0.39, 0.29) is 24.9 Å². The zero-order valence-electron chi connectivity index (χ0n) is 22.6. The number of rotatable bonds is 11. The molecule has 0 spiro atoms. The number of aromatic nitrogens is 3. The highest BCUT2D eigenvalue weighted by Crippen LogP contribution is 2.36. The Kier molecular flexibility index (Phi) is 9.12. The number of carbonyl (C=O) groups is 2. The van der Waals surface area contributed by atoms with Gasteiger partial charge in [-0.05, 0) is 43.7 Å². The van der Waals surface area contributed by atoms with Crippen LogP contribution in [0.3, 0.4) is 0 Å². The van der Waals surface area contributed by atoms with Crippen LogP contribution >= 0.6 is 23.1 Å². The van der Waals surface area contributed by atoms with Crippen LogP contribution in [0.25, 0.3) is 16.8 Å². The minimum atomic E-state index is -0.474. The number of hydrogen-bond donors (Lipinski definition) is 1. The minimum absolute atomic E-state index is 0.0601. The van der Waals surface area contributed by atoms with Gasteiger partial charge in [0.25, 0.3) is 0 Å². The van der Waals surface area contributed by atoms with Gasteiger partial charge in [0.15, 0.2) is 11.0 Å². The number of nitrogens with one attached hydrogen (secondary N) is 1. The van der Waals surface area contributed by atoms with Crippen LogP contribution in [-0.2, 0) is 16.1 Å². The zero-order chi connectivity index (χ0) is 28.6. The van der Waals surface area contributed by atoms with Gasteiger partial charge in [0.1, 0.15) is 22.9 Å². The zero-order valence-corrected chi connectivity index (χ0v) is 24.2. The molecule has 10 heteroatoms. The second-order valence-electron chi connectivity index (χ2n) is 8.95. The Balaban J connectivity index is 1.33. The molecule has 0 aliphatic heterocycles. The molecule has 1 amide bonds. The molecule has 2 aromatic heterocycles. The van der Waals surface area contributed by atoms with Crippen molar-refractivity contribution in [3.05, 3.63) is 107 Å². The summed E-state index contributed by atoms with van der Waals surface area (Å²) in [7, 11) is 0. The summed E-state index contributed by atoms with van der Waals surface area (Å²) in [5.41, 5.74) is 3.95. The molecule has 3 aromatic carbocycles. The second kappa shape index (κ2) is 13.3. The highest BCUT2D eigenvalue weighted by atomic mass is 32.2. The van der Waals surface area contributed by atoms with Crippen molar-refractivity contribution in [1.29, 1.82) is 0 Å². The summed E-state index contributed by atoms with van der Waals surface area (Å²) >= 11 is 2.54. The number of hydrogen-bond acceptors (Lipinski definition) is 8. The van der Waals surface area contributed by atoms with Crippen molar-refractivity contribution in [3.63, 3.8) is 0 Å². The number of benzene rings is 3. The Morgan fingerprint density at radius 2 is 1.66 bits per heavy atom. The Bertz CT molecular complexity index is 1620. The van der Waals surface area contributed by atoms with Crippen LogP contribution in [0, 0.1) is 6.92 Å². The number of thioether (sulfide) groups is 1.